The van der Waals surface area contributed by atoms with E-state index in [2.05, 4.69) is 5.10 Å². The van der Waals surface area contributed by atoms with E-state index in [1.165, 1.54) is 0 Å². The molecule has 0 amide bonds. The van der Waals surface area contributed by atoms with Crippen molar-refractivity contribution in [3.05, 3.63) is 18.0 Å². The molecule has 0 saturated heterocycles. The quantitative estimate of drug-likeness (QED) is 0.754. The third kappa shape index (κ3) is 3.12. The lowest BCUT2D eigenvalue weighted by molar-refractivity contribution is 0.0568. The summed E-state index contributed by atoms with van der Waals surface area (Å²) < 4.78 is 6.72. The number of hydrogen-bond donors (Lipinski definition) is 1. The molecule has 0 bridgehead atoms. The van der Waals surface area contributed by atoms with Gasteiger partial charge in [-0.25, -0.2) is 0 Å². The van der Waals surface area contributed by atoms with Gasteiger partial charge in [0, 0.05) is 32.7 Å². The first-order chi connectivity index (χ1) is 6.63. The number of hydrogen-bond acceptors (Lipinski definition) is 3. The number of ether oxygens (including phenoxy) is 1. The highest BCUT2D eigenvalue weighted by atomic mass is 16.5. The Morgan fingerprint density at radius 2 is 2.36 bits per heavy atom. The maximum Gasteiger partial charge on any atom is 0.0650 e. The molecule has 4 heteroatoms. The van der Waals surface area contributed by atoms with Crippen LogP contribution in [0.25, 0.3) is 0 Å². The maximum atomic E-state index is 9.78. The van der Waals surface area contributed by atoms with Crippen molar-refractivity contribution in [3.63, 3.8) is 0 Å². The molecule has 0 fully saturated rings. The molecule has 14 heavy (non-hydrogen) atoms. The predicted molar refractivity (Wildman–Crippen MR) is 54.0 cm³/mol. The molecular formula is C10H18N2O2. The van der Waals surface area contributed by atoms with Crippen LogP contribution in [0, 0.1) is 5.92 Å². The van der Waals surface area contributed by atoms with Crippen LogP contribution in [-0.2, 0) is 18.2 Å². The lowest BCUT2D eigenvalue weighted by Crippen LogP contribution is -2.24. The Kier molecular flexibility index (Phi) is 4.10. The number of methoxy groups -OCH3 is 1. The fraction of sp³-hybridized carbons (Fsp3) is 0.700. The van der Waals surface area contributed by atoms with Crippen LogP contribution in [0.3, 0.4) is 0 Å². The highest BCUT2D eigenvalue weighted by molar-refractivity contribution is 5.00. The molecule has 1 N–H and O–H groups in total. The Hall–Kier alpha value is -0.870. The van der Waals surface area contributed by atoms with E-state index in [1.54, 1.807) is 11.8 Å². The largest absolute Gasteiger partial charge is 0.392 e. The summed E-state index contributed by atoms with van der Waals surface area (Å²) in [5.74, 6) is 0.141. The van der Waals surface area contributed by atoms with Crippen LogP contribution < -0.4 is 0 Å². The molecule has 0 spiro atoms. The Morgan fingerprint density at radius 3 is 2.86 bits per heavy atom. The van der Waals surface area contributed by atoms with Crippen molar-refractivity contribution in [3.8, 4) is 0 Å². The first-order valence-corrected chi connectivity index (χ1v) is 4.79. The summed E-state index contributed by atoms with van der Waals surface area (Å²) in [5, 5.41) is 14.0. The van der Waals surface area contributed by atoms with Gasteiger partial charge >= 0.3 is 0 Å². The van der Waals surface area contributed by atoms with E-state index in [4.69, 9.17) is 4.74 Å². The van der Waals surface area contributed by atoms with Crippen LogP contribution in [0.15, 0.2) is 12.3 Å². The molecule has 0 aromatic carbocycles. The summed E-state index contributed by atoms with van der Waals surface area (Å²) in [4.78, 5) is 0. The molecule has 4 nitrogen and oxygen atoms in total. The van der Waals surface area contributed by atoms with Crippen LogP contribution in [0.5, 0.6) is 0 Å². The standard InChI is InChI=1S/C10H18N2O2/c1-8(7-14-3)10(13)6-9-4-5-12(2)11-9/h4-5,8,10,13H,6-7H2,1-3H3. The Morgan fingerprint density at radius 1 is 1.64 bits per heavy atom. The molecule has 0 aliphatic carbocycles. The summed E-state index contributed by atoms with van der Waals surface area (Å²) in [7, 11) is 3.51. The zero-order chi connectivity index (χ0) is 10.6. The molecule has 0 aliphatic rings. The van der Waals surface area contributed by atoms with Gasteiger partial charge < -0.3 is 9.84 Å². The normalized spacial score (nSPS) is 15.4. The Balaban J connectivity index is 2.43. The van der Waals surface area contributed by atoms with E-state index in [1.807, 2.05) is 26.2 Å². The molecule has 2 atom stereocenters. The second-order valence-corrected chi connectivity index (χ2v) is 3.68. The smallest absolute Gasteiger partial charge is 0.0650 e. The Labute approximate surface area is 84.5 Å². The molecular weight excluding hydrogens is 180 g/mol. The molecule has 0 saturated carbocycles. The maximum absolute atomic E-state index is 9.78. The van der Waals surface area contributed by atoms with Crippen LogP contribution in [0.2, 0.25) is 0 Å². The SMILES string of the molecule is COCC(C)C(O)Cc1ccn(C)n1. The summed E-state index contributed by atoms with van der Waals surface area (Å²) in [5.41, 5.74) is 0.919. The summed E-state index contributed by atoms with van der Waals surface area (Å²) in [6, 6.07) is 1.92. The third-order valence-corrected chi connectivity index (χ3v) is 2.27. The van der Waals surface area contributed by atoms with Gasteiger partial charge in [-0.2, -0.15) is 5.10 Å². The zero-order valence-electron chi connectivity index (χ0n) is 8.97. The molecule has 1 aromatic rings. The first-order valence-electron chi connectivity index (χ1n) is 4.79. The molecule has 1 rings (SSSR count). The number of nitrogens with zero attached hydrogens (tertiary/aromatic N) is 2. The Bertz CT molecular complexity index is 273. The average molecular weight is 198 g/mol. The third-order valence-electron chi connectivity index (χ3n) is 2.27. The van der Waals surface area contributed by atoms with Gasteiger partial charge in [0.1, 0.15) is 0 Å². The van der Waals surface area contributed by atoms with Crippen LogP contribution in [-0.4, -0.2) is 34.7 Å². The van der Waals surface area contributed by atoms with Crippen molar-refractivity contribution < 1.29 is 9.84 Å². The lowest BCUT2D eigenvalue weighted by Gasteiger charge is -2.16. The molecule has 80 valence electrons. The fourth-order valence-electron chi connectivity index (χ4n) is 1.36. The molecule has 0 radical (unpaired) electrons. The van der Waals surface area contributed by atoms with E-state index in [0.29, 0.717) is 13.0 Å². The predicted octanol–water partition coefficient (Wildman–Crippen LogP) is 0.606. The molecule has 1 aromatic heterocycles. The van der Waals surface area contributed by atoms with Crippen LogP contribution in [0.4, 0.5) is 0 Å². The molecule has 0 aliphatic heterocycles. The van der Waals surface area contributed by atoms with Crippen molar-refractivity contribution in [2.24, 2.45) is 13.0 Å². The second-order valence-electron chi connectivity index (χ2n) is 3.68. The topological polar surface area (TPSA) is 47.3 Å². The number of rotatable bonds is 5. The number of aliphatic hydroxyl groups excluding tert-OH is 1. The summed E-state index contributed by atoms with van der Waals surface area (Å²) in [6.07, 6.45) is 2.08. The van der Waals surface area contributed by atoms with Gasteiger partial charge in [0.25, 0.3) is 0 Å². The van der Waals surface area contributed by atoms with Gasteiger partial charge in [-0.3, -0.25) is 4.68 Å². The second kappa shape index (κ2) is 5.12. The summed E-state index contributed by atoms with van der Waals surface area (Å²) in [6.45, 7) is 2.55. The average Bonchev–Trinajstić information content (AvgIpc) is 2.51. The number of aromatic nitrogens is 2. The molecule has 2 unspecified atom stereocenters. The summed E-state index contributed by atoms with van der Waals surface area (Å²) >= 11 is 0. The van der Waals surface area contributed by atoms with Gasteiger partial charge in [0.15, 0.2) is 0 Å². The molecule has 1 heterocycles. The van der Waals surface area contributed by atoms with Gasteiger partial charge in [-0.05, 0) is 6.07 Å². The highest BCUT2D eigenvalue weighted by Gasteiger charge is 2.15. The fourth-order valence-corrected chi connectivity index (χ4v) is 1.36. The van der Waals surface area contributed by atoms with Crippen molar-refractivity contribution in [1.82, 2.24) is 9.78 Å². The van der Waals surface area contributed by atoms with Crippen molar-refractivity contribution in [2.45, 2.75) is 19.4 Å². The minimum absolute atomic E-state index is 0.141. The van der Waals surface area contributed by atoms with Crippen LogP contribution >= 0.6 is 0 Å². The van der Waals surface area contributed by atoms with Crippen molar-refractivity contribution in [1.29, 1.82) is 0 Å². The van der Waals surface area contributed by atoms with E-state index < -0.39 is 0 Å². The van der Waals surface area contributed by atoms with Crippen molar-refractivity contribution >= 4 is 0 Å². The van der Waals surface area contributed by atoms with Gasteiger partial charge in [0.2, 0.25) is 0 Å². The van der Waals surface area contributed by atoms with E-state index in [9.17, 15) is 5.11 Å². The van der Waals surface area contributed by atoms with Gasteiger partial charge in [0.05, 0.1) is 18.4 Å². The van der Waals surface area contributed by atoms with E-state index >= 15 is 0 Å². The monoisotopic (exact) mass is 198 g/mol. The van der Waals surface area contributed by atoms with E-state index in [0.717, 1.165) is 5.69 Å². The minimum atomic E-state index is -0.384. The van der Waals surface area contributed by atoms with Gasteiger partial charge in [-0.1, -0.05) is 6.92 Å². The van der Waals surface area contributed by atoms with Crippen molar-refractivity contribution in [2.75, 3.05) is 13.7 Å². The van der Waals surface area contributed by atoms with E-state index in [-0.39, 0.29) is 12.0 Å². The van der Waals surface area contributed by atoms with Crippen LogP contribution in [0.1, 0.15) is 12.6 Å². The zero-order valence-corrected chi connectivity index (χ0v) is 8.97. The first kappa shape index (κ1) is 11.2. The lowest BCUT2D eigenvalue weighted by atomic mass is 10.0. The van der Waals surface area contributed by atoms with Gasteiger partial charge in [-0.15, -0.1) is 0 Å². The minimum Gasteiger partial charge on any atom is -0.392 e. The number of aryl methyl sites for hydroxylation is 1. The number of aliphatic hydroxyl groups is 1. The highest BCUT2D eigenvalue weighted by Crippen LogP contribution is 2.09.